The first-order valence-electron chi connectivity index (χ1n) is 8.36. The number of benzene rings is 2. The zero-order valence-electron chi connectivity index (χ0n) is 14.5. The molecule has 25 heavy (non-hydrogen) atoms. The van der Waals surface area contributed by atoms with Gasteiger partial charge in [0.05, 0.1) is 6.42 Å². The van der Waals surface area contributed by atoms with Crippen molar-refractivity contribution in [1.29, 1.82) is 0 Å². The molecule has 132 valence electrons. The van der Waals surface area contributed by atoms with Gasteiger partial charge in [-0.05, 0) is 23.3 Å². The lowest BCUT2D eigenvalue weighted by Crippen LogP contribution is -2.37. The third kappa shape index (κ3) is 4.34. The number of rotatable bonds is 5. The van der Waals surface area contributed by atoms with Crippen LogP contribution in [0.2, 0.25) is 0 Å². The van der Waals surface area contributed by atoms with Crippen molar-refractivity contribution in [1.82, 2.24) is 5.32 Å². The number of hydrogen-bond acceptors (Lipinski definition) is 3. The summed E-state index contributed by atoms with van der Waals surface area (Å²) in [6, 6.07) is 14.0. The number of amides is 1. The molecule has 2 aromatic rings. The van der Waals surface area contributed by atoms with Gasteiger partial charge in [-0.1, -0.05) is 60.1 Å². The van der Waals surface area contributed by atoms with E-state index in [4.69, 9.17) is 9.47 Å². The van der Waals surface area contributed by atoms with E-state index in [1.165, 1.54) is 5.56 Å². The molecule has 0 saturated heterocycles. The van der Waals surface area contributed by atoms with Gasteiger partial charge in [-0.25, -0.2) is 0 Å². The molecule has 1 aliphatic heterocycles. The lowest BCUT2D eigenvalue weighted by molar-refractivity contribution is -0.120. The van der Waals surface area contributed by atoms with Gasteiger partial charge in [0.1, 0.15) is 13.2 Å². The third-order valence-electron chi connectivity index (χ3n) is 4.34. The summed E-state index contributed by atoms with van der Waals surface area (Å²) in [6.45, 7) is 5.92. The van der Waals surface area contributed by atoms with Crippen LogP contribution in [-0.4, -0.2) is 25.7 Å². The van der Waals surface area contributed by atoms with Crippen LogP contribution in [0.1, 0.15) is 25.0 Å². The second kappa shape index (κ2) is 7.48. The zero-order chi connectivity index (χ0) is 17.9. The third-order valence-corrected chi connectivity index (χ3v) is 5.08. The summed E-state index contributed by atoms with van der Waals surface area (Å²) < 4.78 is 12.0. The maximum absolute atomic E-state index is 12.4. The number of hydrogen-bond donors (Lipinski definition) is 1. The highest BCUT2D eigenvalue weighted by molar-refractivity contribution is 9.10. The Morgan fingerprint density at radius 2 is 1.76 bits per heavy atom. The predicted molar refractivity (Wildman–Crippen MR) is 101 cm³/mol. The molecule has 0 spiro atoms. The van der Waals surface area contributed by atoms with Gasteiger partial charge in [0.2, 0.25) is 5.91 Å². The molecule has 1 N–H and O–H groups in total. The van der Waals surface area contributed by atoms with Gasteiger partial charge in [-0.2, -0.15) is 0 Å². The largest absolute Gasteiger partial charge is 0.486 e. The Hall–Kier alpha value is -2.01. The van der Waals surface area contributed by atoms with Crippen molar-refractivity contribution >= 4 is 21.8 Å². The molecule has 1 heterocycles. The minimum atomic E-state index is -0.124. The lowest BCUT2D eigenvalue weighted by Gasteiger charge is -2.26. The quantitative estimate of drug-likeness (QED) is 0.824. The number of ether oxygens (including phenoxy) is 2. The molecule has 1 aliphatic rings. The van der Waals surface area contributed by atoms with Gasteiger partial charge in [-0.15, -0.1) is 0 Å². The molecule has 5 heteroatoms. The topological polar surface area (TPSA) is 47.6 Å². The van der Waals surface area contributed by atoms with Crippen LogP contribution in [-0.2, 0) is 16.6 Å². The first-order chi connectivity index (χ1) is 12.0. The highest BCUT2D eigenvalue weighted by Gasteiger charge is 2.22. The summed E-state index contributed by atoms with van der Waals surface area (Å²) >= 11 is 3.52. The van der Waals surface area contributed by atoms with Gasteiger partial charge in [0, 0.05) is 16.4 Å². The van der Waals surface area contributed by atoms with Gasteiger partial charge >= 0.3 is 0 Å². The van der Waals surface area contributed by atoms with Crippen LogP contribution in [0.25, 0.3) is 0 Å². The Balaban J connectivity index is 1.63. The van der Waals surface area contributed by atoms with Gasteiger partial charge < -0.3 is 14.8 Å². The van der Waals surface area contributed by atoms with E-state index in [1.54, 1.807) is 0 Å². The molecule has 0 saturated carbocycles. The van der Waals surface area contributed by atoms with E-state index < -0.39 is 0 Å². The number of fused-ring (bicyclic) bond motifs is 1. The summed E-state index contributed by atoms with van der Waals surface area (Å²) in [7, 11) is 0. The molecule has 1 amide bonds. The van der Waals surface area contributed by atoms with Crippen LogP contribution < -0.4 is 14.8 Å². The summed E-state index contributed by atoms with van der Waals surface area (Å²) in [5.74, 6) is 1.40. The van der Waals surface area contributed by atoms with Crippen molar-refractivity contribution in [2.24, 2.45) is 0 Å². The average Bonchev–Trinajstić information content (AvgIpc) is 2.61. The normalized spacial score (nSPS) is 13.4. The summed E-state index contributed by atoms with van der Waals surface area (Å²) in [5.41, 5.74) is 1.97. The van der Waals surface area contributed by atoms with Gasteiger partial charge in [0.15, 0.2) is 11.5 Å². The Bertz CT molecular complexity index is 759. The molecule has 0 aliphatic carbocycles. The monoisotopic (exact) mass is 403 g/mol. The molecule has 0 bridgehead atoms. The SMILES string of the molecule is CC(C)(CNC(=O)Cc1cc2c(cc1Br)OCCO2)c1ccccc1. The molecule has 0 unspecified atom stereocenters. The fourth-order valence-corrected chi connectivity index (χ4v) is 3.25. The van der Waals surface area contributed by atoms with Crippen LogP contribution in [0, 0.1) is 0 Å². The number of nitrogens with one attached hydrogen (secondary N) is 1. The Labute approximate surface area is 156 Å². The second-order valence-electron chi connectivity index (χ2n) is 6.79. The molecular formula is C20H22BrNO3. The summed E-state index contributed by atoms with van der Waals surface area (Å²) in [6.07, 6.45) is 0.294. The van der Waals surface area contributed by atoms with Gasteiger partial charge in [0.25, 0.3) is 0 Å². The molecule has 0 radical (unpaired) electrons. The van der Waals surface area contributed by atoms with Crippen LogP contribution >= 0.6 is 15.9 Å². The molecule has 0 fully saturated rings. The van der Waals surface area contributed by atoms with Crippen LogP contribution in [0.4, 0.5) is 0 Å². The molecule has 4 nitrogen and oxygen atoms in total. The van der Waals surface area contributed by atoms with Crippen molar-refractivity contribution in [3.63, 3.8) is 0 Å². The summed E-state index contributed by atoms with van der Waals surface area (Å²) in [5, 5.41) is 3.05. The Morgan fingerprint density at radius 3 is 2.44 bits per heavy atom. The minimum Gasteiger partial charge on any atom is -0.486 e. The minimum absolute atomic E-state index is 0.0126. The maximum Gasteiger partial charge on any atom is 0.224 e. The first kappa shape index (κ1) is 17.8. The van der Waals surface area contributed by atoms with Crippen LogP contribution in [0.15, 0.2) is 46.9 Å². The highest BCUT2D eigenvalue weighted by atomic mass is 79.9. The predicted octanol–water partition coefficient (Wildman–Crippen LogP) is 3.86. The maximum atomic E-state index is 12.4. The molecule has 0 aromatic heterocycles. The van der Waals surface area contributed by atoms with E-state index in [-0.39, 0.29) is 11.3 Å². The van der Waals surface area contributed by atoms with Crippen molar-refractivity contribution in [3.05, 3.63) is 58.1 Å². The van der Waals surface area contributed by atoms with E-state index in [2.05, 4.69) is 47.2 Å². The second-order valence-corrected chi connectivity index (χ2v) is 7.65. The van der Waals surface area contributed by atoms with E-state index in [9.17, 15) is 4.79 Å². The molecule has 0 atom stereocenters. The Kier molecular flexibility index (Phi) is 5.33. The number of carbonyl (C=O) groups is 1. The van der Waals surface area contributed by atoms with E-state index in [1.807, 2.05) is 30.3 Å². The number of carbonyl (C=O) groups excluding carboxylic acids is 1. The van der Waals surface area contributed by atoms with Crippen LogP contribution in [0.3, 0.4) is 0 Å². The standard InChI is InChI=1S/C20H22BrNO3/c1-20(2,15-6-4-3-5-7-15)13-22-19(23)11-14-10-17-18(12-16(14)21)25-9-8-24-17/h3-7,10,12H,8-9,11,13H2,1-2H3,(H,22,23). The van der Waals surface area contributed by atoms with E-state index in [0.717, 1.165) is 10.0 Å². The molecule has 2 aromatic carbocycles. The van der Waals surface area contributed by atoms with Crippen molar-refractivity contribution in [3.8, 4) is 11.5 Å². The van der Waals surface area contributed by atoms with Crippen molar-refractivity contribution in [2.75, 3.05) is 19.8 Å². The van der Waals surface area contributed by atoms with E-state index in [0.29, 0.717) is 37.7 Å². The number of halogens is 1. The smallest absolute Gasteiger partial charge is 0.224 e. The zero-order valence-corrected chi connectivity index (χ0v) is 16.1. The first-order valence-corrected chi connectivity index (χ1v) is 9.15. The van der Waals surface area contributed by atoms with Crippen molar-refractivity contribution in [2.45, 2.75) is 25.7 Å². The van der Waals surface area contributed by atoms with E-state index >= 15 is 0 Å². The highest BCUT2D eigenvalue weighted by Crippen LogP contribution is 2.35. The summed E-state index contributed by atoms with van der Waals surface area (Å²) in [4.78, 5) is 12.4. The fourth-order valence-electron chi connectivity index (χ4n) is 2.79. The van der Waals surface area contributed by atoms with Gasteiger partial charge in [-0.3, -0.25) is 4.79 Å². The lowest BCUT2D eigenvalue weighted by atomic mass is 9.84. The fraction of sp³-hybridized carbons (Fsp3) is 0.350. The Morgan fingerprint density at radius 1 is 1.12 bits per heavy atom. The van der Waals surface area contributed by atoms with Crippen LogP contribution in [0.5, 0.6) is 11.5 Å². The van der Waals surface area contributed by atoms with Crippen molar-refractivity contribution < 1.29 is 14.3 Å². The average molecular weight is 404 g/mol. The molecular weight excluding hydrogens is 382 g/mol. The molecule has 3 rings (SSSR count).